The Balaban J connectivity index is 1.36. The summed E-state index contributed by atoms with van der Waals surface area (Å²) in [6.45, 7) is 3.56. The van der Waals surface area contributed by atoms with Gasteiger partial charge < -0.3 is 10.2 Å². The van der Waals surface area contributed by atoms with Gasteiger partial charge in [0.1, 0.15) is 5.82 Å². The molecule has 1 aliphatic rings. The third-order valence-corrected chi connectivity index (χ3v) is 6.17. The number of hydrogen-bond acceptors (Lipinski definition) is 7. The Kier molecular flexibility index (Phi) is 4.97. The zero-order valence-electron chi connectivity index (χ0n) is 16.5. The van der Waals surface area contributed by atoms with Gasteiger partial charge in [0.05, 0.1) is 0 Å². The first-order chi connectivity index (χ1) is 15.0. The van der Waals surface area contributed by atoms with Gasteiger partial charge >= 0.3 is 0 Å². The molecule has 31 heavy (non-hydrogen) atoms. The summed E-state index contributed by atoms with van der Waals surface area (Å²) in [5.74, 6) is -2.80. The second-order valence-electron chi connectivity index (χ2n) is 7.38. The fraction of sp³-hybridized carbons (Fsp3) is 0.300. The van der Waals surface area contributed by atoms with Gasteiger partial charge in [0.25, 0.3) is 0 Å². The second-order valence-corrected chi connectivity index (χ2v) is 8.11. The predicted octanol–water partition coefficient (Wildman–Crippen LogP) is 4.05. The van der Waals surface area contributed by atoms with Gasteiger partial charge in [-0.3, -0.25) is 0 Å². The van der Waals surface area contributed by atoms with Crippen LogP contribution in [0.15, 0.2) is 30.5 Å². The van der Waals surface area contributed by atoms with Crippen molar-refractivity contribution in [3.8, 4) is 11.1 Å². The van der Waals surface area contributed by atoms with Crippen LogP contribution in [0.3, 0.4) is 0 Å². The van der Waals surface area contributed by atoms with Crippen LogP contribution >= 0.6 is 11.5 Å². The summed E-state index contributed by atoms with van der Waals surface area (Å²) < 4.78 is 47.1. The lowest BCUT2D eigenvalue weighted by atomic mass is 10.1. The van der Waals surface area contributed by atoms with Crippen LogP contribution in [0.5, 0.6) is 0 Å². The quantitative estimate of drug-likeness (QED) is 0.478. The first-order valence-electron chi connectivity index (χ1n) is 9.80. The molecule has 1 aliphatic heterocycles. The monoisotopic (exact) mass is 445 g/mol. The highest BCUT2D eigenvalue weighted by atomic mass is 32.1. The molecule has 0 saturated carbocycles. The van der Waals surface area contributed by atoms with Crippen molar-refractivity contribution in [1.82, 2.24) is 24.0 Å². The number of pyridine rings is 1. The Morgan fingerprint density at radius 3 is 2.58 bits per heavy atom. The lowest BCUT2D eigenvalue weighted by Crippen LogP contribution is -2.39. The topological polar surface area (TPSA) is 71.2 Å². The van der Waals surface area contributed by atoms with E-state index >= 15 is 0 Å². The lowest BCUT2D eigenvalue weighted by Gasteiger charge is -2.31. The molecule has 5 rings (SSSR count). The fourth-order valence-electron chi connectivity index (χ4n) is 3.72. The summed E-state index contributed by atoms with van der Waals surface area (Å²) >= 11 is 1.40. The number of benzene rings is 1. The fourth-order valence-corrected chi connectivity index (χ4v) is 4.45. The molecule has 0 bridgehead atoms. The van der Waals surface area contributed by atoms with Crippen molar-refractivity contribution in [2.75, 3.05) is 23.3 Å². The van der Waals surface area contributed by atoms with Gasteiger partial charge in [0, 0.05) is 48.0 Å². The molecule has 160 valence electrons. The molecule has 1 saturated heterocycles. The number of aryl methyl sites for hydroxylation is 1. The molecule has 1 aromatic carbocycles. The predicted molar refractivity (Wildman–Crippen MR) is 112 cm³/mol. The molecule has 4 aromatic rings. The molecule has 3 aromatic heterocycles. The van der Waals surface area contributed by atoms with Gasteiger partial charge in [0.15, 0.2) is 23.1 Å². The summed E-state index contributed by atoms with van der Waals surface area (Å²) in [5, 5.41) is 8.68. The minimum atomic E-state index is -1.50. The Bertz CT molecular complexity index is 1250. The van der Waals surface area contributed by atoms with Gasteiger partial charge in [0.2, 0.25) is 11.1 Å². The average molecular weight is 445 g/mol. The van der Waals surface area contributed by atoms with Crippen LogP contribution in [0, 0.1) is 24.4 Å². The van der Waals surface area contributed by atoms with Crippen LogP contribution in [0.1, 0.15) is 18.7 Å². The normalized spacial score (nSPS) is 15.0. The number of piperidine rings is 1. The minimum Gasteiger partial charge on any atom is -0.350 e. The molecule has 1 fully saturated rings. The summed E-state index contributed by atoms with van der Waals surface area (Å²) in [6.07, 6.45) is 3.42. The average Bonchev–Trinajstić information content (AvgIpc) is 3.38. The second kappa shape index (κ2) is 7.80. The van der Waals surface area contributed by atoms with Crippen LogP contribution in [0.2, 0.25) is 0 Å². The van der Waals surface area contributed by atoms with Crippen molar-refractivity contribution in [2.24, 2.45) is 0 Å². The van der Waals surface area contributed by atoms with Gasteiger partial charge in [-0.2, -0.15) is 9.36 Å². The number of rotatable bonds is 4. The maximum Gasteiger partial charge on any atom is 0.243 e. The first kappa shape index (κ1) is 19.7. The van der Waals surface area contributed by atoms with E-state index in [4.69, 9.17) is 0 Å². The highest BCUT2D eigenvalue weighted by Gasteiger charge is 2.23. The Hall–Kier alpha value is -3.21. The van der Waals surface area contributed by atoms with Crippen LogP contribution < -0.4 is 10.2 Å². The highest BCUT2D eigenvalue weighted by Crippen LogP contribution is 2.29. The number of anilines is 2. The number of fused-ring (bicyclic) bond motifs is 1. The summed E-state index contributed by atoms with van der Waals surface area (Å²) in [6, 6.07) is 5.54. The van der Waals surface area contributed by atoms with Gasteiger partial charge in [-0.1, -0.05) is 0 Å². The van der Waals surface area contributed by atoms with Crippen LogP contribution in [-0.4, -0.2) is 43.1 Å². The Morgan fingerprint density at radius 1 is 1.03 bits per heavy atom. The molecule has 11 heteroatoms. The van der Waals surface area contributed by atoms with E-state index in [-0.39, 0.29) is 11.6 Å². The van der Waals surface area contributed by atoms with Crippen LogP contribution in [0.25, 0.3) is 16.8 Å². The SMILES string of the molecule is Cc1nsc(N2CCC(Nc3nc4c(-c5ccc(F)c(F)c5F)cccn4n3)CC2)n1. The number of nitrogens with zero attached hydrogens (tertiary/aromatic N) is 6. The van der Waals surface area contributed by atoms with Crippen molar-refractivity contribution in [1.29, 1.82) is 0 Å². The van der Waals surface area contributed by atoms with Crippen LogP contribution in [0.4, 0.5) is 24.3 Å². The molecule has 0 amide bonds. The summed E-state index contributed by atoms with van der Waals surface area (Å²) in [4.78, 5) is 11.1. The van der Waals surface area contributed by atoms with E-state index in [0.29, 0.717) is 17.2 Å². The van der Waals surface area contributed by atoms with E-state index in [1.807, 2.05) is 6.92 Å². The maximum atomic E-state index is 14.3. The zero-order valence-corrected chi connectivity index (χ0v) is 17.3. The van der Waals surface area contributed by atoms with E-state index < -0.39 is 17.5 Å². The molecule has 4 heterocycles. The number of nitrogens with one attached hydrogen (secondary N) is 1. The van der Waals surface area contributed by atoms with Crippen molar-refractivity contribution in [3.63, 3.8) is 0 Å². The number of hydrogen-bond donors (Lipinski definition) is 1. The van der Waals surface area contributed by atoms with Crippen molar-refractivity contribution < 1.29 is 13.2 Å². The first-order valence-corrected chi connectivity index (χ1v) is 10.6. The maximum absolute atomic E-state index is 14.3. The largest absolute Gasteiger partial charge is 0.350 e. The third kappa shape index (κ3) is 3.69. The summed E-state index contributed by atoms with van der Waals surface area (Å²) in [5.41, 5.74) is 0.627. The van der Waals surface area contributed by atoms with E-state index in [0.717, 1.165) is 43.0 Å². The molecule has 0 atom stereocenters. The van der Waals surface area contributed by atoms with Crippen molar-refractivity contribution in [2.45, 2.75) is 25.8 Å². The molecule has 1 N–H and O–H groups in total. The van der Waals surface area contributed by atoms with Crippen LogP contribution in [-0.2, 0) is 0 Å². The van der Waals surface area contributed by atoms with Gasteiger partial charge in [-0.25, -0.2) is 22.7 Å². The molecule has 0 spiro atoms. The standard InChI is InChI=1S/C20H18F3N7S/c1-11-24-20(31-28-11)29-9-6-12(7-10-29)25-19-26-18-14(3-2-8-30(18)27-19)13-4-5-15(21)17(23)16(13)22/h2-5,8,12H,6-7,9-10H2,1H3,(H,25,27). The lowest BCUT2D eigenvalue weighted by molar-refractivity contribution is 0.449. The highest BCUT2D eigenvalue weighted by molar-refractivity contribution is 7.09. The minimum absolute atomic E-state index is 0.0656. The van der Waals surface area contributed by atoms with E-state index in [1.54, 1.807) is 18.3 Å². The molecular formula is C20H18F3N7S. The van der Waals surface area contributed by atoms with Crippen molar-refractivity contribution >= 4 is 28.3 Å². The summed E-state index contributed by atoms with van der Waals surface area (Å²) in [7, 11) is 0. The zero-order chi connectivity index (χ0) is 21.5. The van der Waals surface area contributed by atoms with Gasteiger partial charge in [-0.05, 0) is 44.0 Å². The van der Waals surface area contributed by atoms with E-state index in [2.05, 4.69) is 29.7 Å². The molecule has 0 radical (unpaired) electrons. The smallest absolute Gasteiger partial charge is 0.243 e. The Labute approximate surface area is 179 Å². The van der Waals surface area contributed by atoms with Gasteiger partial charge in [-0.15, -0.1) is 5.10 Å². The van der Waals surface area contributed by atoms with E-state index in [1.165, 1.54) is 22.1 Å². The molecule has 0 aliphatic carbocycles. The third-order valence-electron chi connectivity index (χ3n) is 5.30. The van der Waals surface area contributed by atoms with Crippen molar-refractivity contribution in [3.05, 3.63) is 53.7 Å². The molecular weight excluding hydrogens is 427 g/mol. The number of aromatic nitrogens is 5. The Morgan fingerprint density at radius 2 is 1.84 bits per heavy atom. The molecule has 0 unspecified atom stereocenters. The molecule has 7 nitrogen and oxygen atoms in total. The van der Waals surface area contributed by atoms with E-state index in [9.17, 15) is 13.2 Å². The number of halogens is 3.